The van der Waals surface area contributed by atoms with Gasteiger partial charge < -0.3 is 44.5 Å². The molecule has 0 aromatic heterocycles. The molecule has 2 aliphatic rings. The number of carbonyl (C=O) groups excluding carboxylic acids is 5. The number of para-hydroxylation sites is 1. The number of amidine groups is 1. The van der Waals surface area contributed by atoms with Gasteiger partial charge >= 0.3 is 5.97 Å². The number of hydrazone groups is 2. The summed E-state index contributed by atoms with van der Waals surface area (Å²) in [6.45, 7) is 22.5. The second-order valence-corrected chi connectivity index (χ2v) is 37.1. The minimum absolute atomic E-state index is 0.000238. The molecule has 9 aromatic rings. The molecule has 26 heteroatoms. The predicted molar refractivity (Wildman–Crippen MR) is 533 cm³/mol. The van der Waals surface area contributed by atoms with E-state index in [4.69, 9.17) is 46.9 Å². The summed E-state index contributed by atoms with van der Waals surface area (Å²) in [5, 5.41) is 47.1. The molecule has 0 aliphatic carbocycles. The number of hydrogen-bond acceptors (Lipinski definition) is 18. The van der Waals surface area contributed by atoms with Gasteiger partial charge in [0.05, 0.1) is 76.6 Å². The van der Waals surface area contributed by atoms with Gasteiger partial charge in [-0.15, -0.1) is 0 Å². The van der Waals surface area contributed by atoms with Crippen LogP contribution in [0.15, 0.2) is 207 Å². The lowest BCUT2D eigenvalue weighted by Gasteiger charge is -2.28. The van der Waals surface area contributed by atoms with E-state index in [1.165, 1.54) is 149 Å². The first kappa shape index (κ1) is 106. The lowest BCUT2D eigenvalue weighted by atomic mass is 9.79. The van der Waals surface area contributed by atoms with Crippen LogP contribution in [0.2, 0.25) is 10.0 Å². The van der Waals surface area contributed by atoms with E-state index in [-0.39, 0.29) is 50.7 Å². The molecule has 0 spiro atoms. The molecule has 0 radical (unpaired) electrons. The van der Waals surface area contributed by atoms with E-state index in [9.17, 15) is 47.2 Å². The number of aromatic hydroxyl groups is 2. The van der Waals surface area contributed by atoms with E-state index < -0.39 is 44.2 Å². The number of amides is 4. The van der Waals surface area contributed by atoms with E-state index >= 15 is 0 Å². The van der Waals surface area contributed by atoms with E-state index in [0.29, 0.717) is 103 Å². The van der Waals surface area contributed by atoms with Crippen LogP contribution in [-0.4, -0.2) is 103 Å². The topological polar surface area (TPSA) is 306 Å². The van der Waals surface area contributed by atoms with E-state index in [0.717, 1.165) is 97.3 Å². The van der Waals surface area contributed by atoms with E-state index in [2.05, 4.69) is 106 Å². The Bertz CT molecular complexity index is 5450. The van der Waals surface area contributed by atoms with Crippen molar-refractivity contribution in [3.05, 3.63) is 231 Å². The minimum Gasteiger partial charge on any atom is -0.508 e. The maximum absolute atomic E-state index is 13.2. The van der Waals surface area contributed by atoms with Gasteiger partial charge in [0.15, 0.2) is 6.04 Å². The lowest BCUT2D eigenvalue weighted by Crippen LogP contribution is -2.44. The van der Waals surface area contributed by atoms with Crippen LogP contribution in [0, 0.1) is 31.1 Å². The molecule has 23 nitrogen and oxygen atoms in total. The second-order valence-electron chi connectivity index (χ2n) is 34.9. The predicted octanol–water partition coefficient (Wildman–Crippen LogP) is 26.4. The molecule has 0 saturated heterocycles. The van der Waals surface area contributed by atoms with Crippen LogP contribution in [0.5, 0.6) is 40.2 Å². The summed E-state index contributed by atoms with van der Waals surface area (Å²) in [6.07, 6.45) is 33.2. The highest BCUT2D eigenvalue weighted by Gasteiger charge is 2.40. The Labute approximate surface area is 797 Å². The van der Waals surface area contributed by atoms with Crippen molar-refractivity contribution in [3.8, 4) is 40.2 Å². The van der Waals surface area contributed by atoms with Gasteiger partial charge in [-0.3, -0.25) is 28.5 Å². The van der Waals surface area contributed by atoms with E-state index in [1.54, 1.807) is 74.5 Å². The fourth-order valence-corrected chi connectivity index (χ4v) is 16.7. The zero-order chi connectivity index (χ0) is 95.7. The van der Waals surface area contributed by atoms with Crippen LogP contribution in [-0.2, 0) is 46.9 Å². The number of ether oxygens (including phenoxy) is 5. The fourth-order valence-electron chi connectivity index (χ4n) is 15.4. The molecular weight excluding hydrogens is 1740 g/mol. The number of nitrogens with one attached hydrogen (secondary N) is 2. The molecular formula is C107H136Cl2N8O15S. The summed E-state index contributed by atoms with van der Waals surface area (Å²) in [7, 11) is -4.65. The summed E-state index contributed by atoms with van der Waals surface area (Å²) in [4.78, 5) is 63.7. The van der Waals surface area contributed by atoms with Gasteiger partial charge in [-0.25, -0.2) is 0 Å². The van der Waals surface area contributed by atoms with Crippen LogP contribution in [0.4, 0.5) is 17.1 Å². The maximum atomic E-state index is 13.2. The van der Waals surface area contributed by atoms with Crippen molar-refractivity contribution in [2.75, 3.05) is 43.0 Å². The zero-order valence-corrected chi connectivity index (χ0v) is 81.5. The smallest absolute Gasteiger partial charge is 0.308 e. The number of nitrogens with zero attached hydrogens (tertiary/aromatic N) is 6. The van der Waals surface area contributed by atoms with Crippen molar-refractivity contribution >= 4 is 102 Å². The first-order valence-electron chi connectivity index (χ1n) is 47.6. The molecule has 5 N–H and O–H groups in total. The van der Waals surface area contributed by atoms with Gasteiger partial charge in [-0.2, -0.15) is 38.9 Å². The number of aryl methyl sites for hydroxylation is 2. The summed E-state index contributed by atoms with van der Waals surface area (Å²) in [5.74, 6) is 1.58. The fraction of sp³-hybridized carbons (Fsp3) is 0.449. The van der Waals surface area contributed by atoms with Crippen molar-refractivity contribution < 1.29 is 70.8 Å². The van der Waals surface area contributed by atoms with Crippen molar-refractivity contribution in [1.82, 2.24) is 10.6 Å². The maximum Gasteiger partial charge on any atom is 0.308 e. The molecule has 9 aromatic carbocycles. The molecule has 0 fully saturated rings. The average Bonchev–Trinajstić information content (AvgIpc) is 1.66. The summed E-state index contributed by atoms with van der Waals surface area (Å²) >= 11 is 12.2. The molecule has 4 amide bonds. The molecule has 714 valence electrons. The summed E-state index contributed by atoms with van der Waals surface area (Å²) < 4.78 is 61.9. The Hall–Kier alpha value is -11.2. The second kappa shape index (κ2) is 54.9. The highest BCUT2D eigenvalue weighted by atomic mass is 35.5. The molecule has 2 heterocycles. The highest BCUT2D eigenvalue weighted by molar-refractivity contribution is 7.86. The van der Waals surface area contributed by atoms with Crippen LogP contribution in [0.1, 0.15) is 272 Å². The number of hydrogen-bond donors (Lipinski definition) is 5. The summed E-state index contributed by atoms with van der Waals surface area (Å²) in [6, 6.07) is 54.0. The quantitative estimate of drug-likeness (QED) is 0.0102. The molecule has 4 atom stereocenters. The Kier molecular flexibility index (Phi) is 43.5. The third-order valence-electron chi connectivity index (χ3n) is 24.0. The number of benzene rings is 9. The average molecular weight is 1880 g/mol. The normalized spacial score (nSPS) is 14.3. The third-order valence-corrected chi connectivity index (χ3v) is 25.6. The first-order chi connectivity index (χ1) is 64.1. The highest BCUT2D eigenvalue weighted by Crippen LogP contribution is 2.41. The van der Waals surface area contributed by atoms with Crippen LogP contribution < -0.4 is 39.6 Å². The monoisotopic (exact) mass is 1870 g/mol. The van der Waals surface area contributed by atoms with Crippen molar-refractivity contribution in [3.63, 3.8) is 0 Å². The number of azo groups is 1. The van der Waals surface area contributed by atoms with Gasteiger partial charge in [0.1, 0.15) is 51.0 Å². The number of fused-ring (bicyclic) bond motifs is 1. The van der Waals surface area contributed by atoms with Crippen molar-refractivity contribution in [2.24, 2.45) is 37.7 Å². The van der Waals surface area contributed by atoms with Crippen LogP contribution >= 0.6 is 23.2 Å². The first-order valence-corrected chi connectivity index (χ1v) is 49.8. The number of phenols is 2. The number of halogens is 2. The van der Waals surface area contributed by atoms with Gasteiger partial charge in [0.2, 0.25) is 5.91 Å². The molecule has 133 heavy (non-hydrogen) atoms. The van der Waals surface area contributed by atoms with Crippen LogP contribution in [0.25, 0.3) is 10.8 Å². The van der Waals surface area contributed by atoms with E-state index in [1.807, 2.05) is 84.0 Å². The number of esters is 1. The number of unbranched alkanes of at least 4 members (excludes halogenated alkanes) is 20. The van der Waals surface area contributed by atoms with Gasteiger partial charge in [-0.05, 0) is 204 Å². The van der Waals surface area contributed by atoms with Gasteiger partial charge in [-0.1, -0.05) is 283 Å². The molecule has 11 rings (SSSR count). The Balaban J connectivity index is 0.000000233. The minimum atomic E-state index is -4.65. The van der Waals surface area contributed by atoms with Crippen LogP contribution in [0.3, 0.4) is 0 Å². The molecule has 0 bridgehead atoms. The Morgan fingerprint density at radius 3 is 1.69 bits per heavy atom. The third kappa shape index (κ3) is 33.4. The number of anilines is 2. The summed E-state index contributed by atoms with van der Waals surface area (Å²) in [5.41, 5.74) is 7.55. The number of rotatable bonds is 51. The largest absolute Gasteiger partial charge is 0.508 e. The zero-order valence-electron chi connectivity index (χ0n) is 79.2. The van der Waals surface area contributed by atoms with Crippen molar-refractivity contribution in [1.29, 1.82) is 0 Å². The molecule has 0 saturated carbocycles. The number of carbonyl (C=O) groups is 5. The van der Waals surface area contributed by atoms with Gasteiger partial charge in [0, 0.05) is 29.2 Å². The number of phenolic OH excluding ortho intramolecular Hbond substituents is 2. The van der Waals surface area contributed by atoms with Crippen molar-refractivity contribution in [2.45, 2.75) is 266 Å². The Morgan fingerprint density at radius 2 is 1.11 bits per heavy atom. The molecule has 2 aliphatic heterocycles. The molecule has 4 unspecified atom stereocenters. The van der Waals surface area contributed by atoms with Gasteiger partial charge in [0.25, 0.3) is 27.8 Å². The standard InChI is InChI=1S/C44H66O3.C39H35Cl2N5O8S.C24H35N3O4/c1-3-5-7-9-11-13-15-17-19-21-33-46-42-28-23-38(24-29-42)35-40-27-32-44(45)41(37-40)36-39-25-30-43(31-26-39)47-34-22-20-18-16-14-12-10-8-6-4-2;1-22-10-15-33(23(2)18-22)53-17-7-6-16-42-38(48)29-19-34(27-8-4-5-9-28(27)37(29)47)54-26-13-11-25(12-14-26)43-44-36-24(3)45-46(39(36)49)32-20-31(41)35(21-30(32)40)55(50,51)52;1-6-8-16-31-22(29)17(3)14-15-24(5,7-2)23(30)25-20-18(4)21(28)27(26-20)19-12-10-9-11-13-19/h23-32,37,45H,3-22,33-36H2,1-2H3;4-5,8-15,18-21,36,47H,6-7,16-17H2,1-3H3,(H,42,48)(H,50,51,52);9-13,17-18H,6-8,14-16H2,1-5H3,(H,25,26,30). The SMILES string of the molecule is CC1=NN(c2cc(Cl)c(S(=O)(=O)O)cc2Cl)C(=O)C1N=Nc1ccc(Oc2cc(C(=O)NCCCCOc3ccc(C)cc3C)c(O)c3ccccc23)cc1.CCCCCCCCCCCCOc1ccc(Cc2ccc(O)c(Cc3ccc(OCCCCCCCCCCCC)cc3)c2)cc1.CCCCOC(=O)C(C)CCC(C)(CC)C(=O)NC1=NN(c2ccccc2)C(=O)C1C. The lowest BCUT2D eigenvalue weighted by molar-refractivity contribution is -0.149. The Morgan fingerprint density at radius 1 is 0.556 bits per heavy atom.